The molecule has 3 aromatic rings. The van der Waals surface area contributed by atoms with Crippen molar-refractivity contribution >= 4 is 5.69 Å². The molecule has 6 nitrogen and oxygen atoms in total. The maximum Gasteiger partial charge on any atom is 0.162 e. The average Bonchev–Trinajstić information content (AvgIpc) is 2.96. The number of aromatic hydroxyl groups is 1. The summed E-state index contributed by atoms with van der Waals surface area (Å²) in [7, 11) is 5.53. The lowest BCUT2D eigenvalue weighted by atomic mass is 9.79. The zero-order valence-electron chi connectivity index (χ0n) is 26.2. The first-order chi connectivity index (χ1) is 19.5. The van der Waals surface area contributed by atoms with E-state index < -0.39 is 0 Å². The Hall–Kier alpha value is -3.38. The van der Waals surface area contributed by atoms with Crippen LogP contribution < -0.4 is 19.1 Å². The number of nitrogens with zero attached hydrogens (tertiary/aromatic N) is 2. The number of methoxy groups -OCH3 is 2. The van der Waals surface area contributed by atoms with Crippen LogP contribution >= 0.6 is 0 Å². The second kappa shape index (κ2) is 13.1. The predicted octanol–water partition coefficient (Wildman–Crippen LogP) is 7.38. The van der Waals surface area contributed by atoms with E-state index in [-0.39, 0.29) is 11.6 Å². The van der Waals surface area contributed by atoms with E-state index in [1.54, 1.807) is 20.3 Å². The molecule has 1 aliphatic carbocycles. The number of rotatable bonds is 11. The Morgan fingerprint density at radius 2 is 1.63 bits per heavy atom. The summed E-state index contributed by atoms with van der Waals surface area (Å²) in [5, 5.41) is 9.98. The first-order valence-corrected chi connectivity index (χ1v) is 14.8. The second-order valence-corrected chi connectivity index (χ2v) is 12.1. The van der Waals surface area contributed by atoms with Gasteiger partial charge in [0.2, 0.25) is 0 Å². The number of fused-ring (bicyclic) bond motifs is 1. The minimum absolute atomic E-state index is 0.124. The summed E-state index contributed by atoms with van der Waals surface area (Å²) in [6.07, 6.45) is 2.89. The molecule has 0 amide bonds. The lowest BCUT2D eigenvalue weighted by Gasteiger charge is -2.36. The zero-order valence-corrected chi connectivity index (χ0v) is 26.2. The number of benzene rings is 3. The normalized spacial score (nSPS) is 15.8. The molecule has 0 aliphatic heterocycles. The van der Waals surface area contributed by atoms with Crippen molar-refractivity contribution in [2.75, 3.05) is 45.9 Å². The van der Waals surface area contributed by atoms with Gasteiger partial charge in [-0.1, -0.05) is 18.2 Å². The Bertz CT molecular complexity index is 1300. The summed E-state index contributed by atoms with van der Waals surface area (Å²) in [6, 6.07) is 18.8. The molecule has 0 bridgehead atoms. The zero-order chi connectivity index (χ0) is 29.7. The second-order valence-electron chi connectivity index (χ2n) is 12.1. The van der Waals surface area contributed by atoms with Gasteiger partial charge in [0.1, 0.15) is 18.1 Å². The quantitative estimate of drug-likeness (QED) is 0.264. The SMILES string of the molecule is CCN(c1cc(OC)c(OC)cc1[C@@H]1CCc2cc(O)ccc2C1)C(C)c1ccc(OCCN(C)C(C)(C)C)cc1. The minimum atomic E-state index is 0.124. The van der Waals surface area contributed by atoms with Crippen molar-refractivity contribution in [2.24, 2.45) is 0 Å². The van der Waals surface area contributed by atoms with Crippen LogP contribution in [0.25, 0.3) is 0 Å². The topological polar surface area (TPSA) is 54.4 Å². The van der Waals surface area contributed by atoms with E-state index >= 15 is 0 Å². The number of anilines is 1. The first kappa shape index (κ1) is 30.6. The molecule has 41 heavy (non-hydrogen) atoms. The van der Waals surface area contributed by atoms with Gasteiger partial charge in [-0.05, 0) is 119 Å². The lowest BCUT2D eigenvalue weighted by Crippen LogP contribution is -2.40. The third-order valence-electron chi connectivity index (χ3n) is 8.71. The van der Waals surface area contributed by atoms with Crippen LogP contribution in [0.4, 0.5) is 5.69 Å². The van der Waals surface area contributed by atoms with Crippen LogP contribution in [0.1, 0.15) is 75.3 Å². The molecule has 0 saturated heterocycles. The molecule has 2 atom stereocenters. The molecule has 3 aromatic carbocycles. The standard InChI is InChI=1S/C35H48N2O4/c1-9-37(24(2)25-13-16-30(17-14-25)41-19-18-36(6)35(3,4)5)32-23-34(40-8)33(39-7)22-31(32)28-11-10-27-21-29(38)15-12-26(27)20-28/h12-17,21-24,28,38H,9-11,18-20H2,1-8H3/t24?,28-/m1/s1. The number of phenols is 1. The number of ether oxygens (including phenoxy) is 3. The van der Waals surface area contributed by atoms with Crippen LogP contribution in [-0.2, 0) is 12.8 Å². The average molecular weight is 561 g/mol. The number of hydrogen-bond donors (Lipinski definition) is 1. The van der Waals surface area contributed by atoms with E-state index in [1.807, 2.05) is 6.07 Å². The summed E-state index contributed by atoms with van der Waals surface area (Å²) in [5.74, 6) is 3.07. The maximum absolute atomic E-state index is 9.98. The molecule has 1 N–H and O–H groups in total. The van der Waals surface area contributed by atoms with Crippen molar-refractivity contribution in [3.8, 4) is 23.0 Å². The van der Waals surface area contributed by atoms with E-state index in [1.165, 1.54) is 27.9 Å². The molecule has 0 aromatic heterocycles. The maximum atomic E-state index is 9.98. The Balaban J connectivity index is 1.59. The number of phenolic OH excluding ortho intramolecular Hbond substituents is 1. The Kier molecular flexibility index (Phi) is 9.75. The van der Waals surface area contributed by atoms with Crippen LogP contribution in [0.3, 0.4) is 0 Å². The highest BCUT2D eigenvalue weighted by Crippen LogP contribution is 2.45. The summed E-state index contributed by atoms with van der Waals surface area (Å²) in [4.78, 5) is 4.76. The van der Waals surface area contributed by atoms with Gasteiger partial charge < -0.3 is 24.2 Å². The molecule has 0 radical (unpaired) electrons. The van der Waals surface area contributed by atoms with Gasteiger partial charge in [-0.2, -0.15) is 0 Å². The fourth-order valence-electron chi connectivity index (χ4n) is 5.78. The van der Waals surface area contributed by atoms with Crippen molar-refractivity contribution in [1.82, 2.24) is 4.90 Å². The highest BCUT2D eigenvalue weighted by Gasteiger charge is 2.28. The van der Waals surface area contributed by atoms with Crippen molar-refractivity contribution in [3.05, 3.63) is 76.9 Å². The number of aryl methyl sites for hydroxylation is 1. The van der Waals surface area contributed by atoms with E-state index in [2.05, 4.69) is 93.9 Å². The summed E-state index contributed by atoms with van der Waals surface area (Å²) < 4.78 is 17.6. The van der Waals surface area contributed by atoms with Gasteiger partial charge in [-0.3, -0.25) is 4.90 Å². The van der Waals surface area contributed by atoms with Gasteiger partial charge in [0.05, 0.1) is 20.3 Å². The first-order valence-electron chi connectivity index (χ1n) is 14.8. The lowest BCUT2D eigenvalue weighted by molar-refractivity contribution is 0.144. The van der Waals surface area contributed by atoms with Crippen molar-refractivity contribution in [1.29, 1.82) is 0 Å². The van der Waals surface area contributed by atoms with Crippen LogP contribution in [0.5, 0.6) is 23.0 Å². The third kappa shape index (κ3) is 7.10. The summed E-state index contributed by atoms with van der Waals surface area (Å²) >= 11 is 0. The molecule has 0 fully saturated rings. The van der Waals surface area contributed by atoms with Crippen LogP contribution in [0, 0.1) is 0 Å². The van der Waals surface area contributed by atoms with Gasteiger partial charge in [0.25, 0.3) is 0 Å². The molecule has 6 heteroatoms. The van der Waals surface area contributed by atoms with Gasteiger partial charge >= 0.3 is 0 Å². The Morgan fingerprint density at radius 1 is 0.951 bits per heavy atom. The van der Waals surface area contributed by atoms with E-state index in [0.717, 1.165) is 49.6 Å². The van der Waals surface area contributed by atoms with Gasteiger partial charge in [-0.25, -0.2) is 0 Å². The monoisotopic (exact) mass is 560 g/mol. The highest BCUT2D eigenvalue weighted by atomic mass is 16.5. The van der Waals surface area contributed by atoms with Gasteiger partial charge in [0.15, 0.2) is 11.5 Å². The highest BCUT2D eigenvalue weighted by molar-refractivity contribution is 5.65. The van der Waals surface area contributed by atoms with Gasteiger partial charge in [0, 0.05) is 30.4 Å². The predicted molar refractivity (Wildman–Crippen MR) is 168 cm³/mol. The summed E-state index contributed by atoms with van der Waals surface area (Å²) in [5.41, 5.74) is 6.36. The van der Waals surface area contributed by atoms with E-state index in [4.69, 9.17) is 14.2 Å². The Morgan fingerprint density at radius 3 is 2.27 bits per heavy atom. The van der Waals surface area contributed by atoms with Gasteiger partial charge in [-0.15, -0.1) is 0 Å². The van der Waals surface area contributed by atoms with Crippen molar-refractivity contribution < 1.29 is 19.3 Å². The van der Waals surface area contributed by atoms with Crippen molar-refractivity contribution in [3.63, 3.8) is 0 Å². The number of likely N-dealkylation sites (N-methyl/N-ethyl adjacent to an activating group) is 1. The molecule has 1 unspecified atom stereocenters. The third-order valence-corrected chi connectivity index (χ3v) is 8.71. The van der Waals surface area contributed by atoms with Crippen LogP contribution in [0.15, 0.2) is 54.6 Å². The molecular weight excluding hydrogens is 512 g/mol. The largest absolute Gasteiger partial charge is 0.508 e. The minimum Gasteiger partial charge on any atom is -0.508 e. The smallest absolute Gasteiger partial charge is 0.162 e. The van der Waals surface area contributed by atoms with E-state index in [9.17, 15) is 5.11 Å². The molecule has 222 valence electrons. The fourth-order valence-corrected chi connectivity index (χ4v) is 5.78. The van der Waals surface area contributed by atoms with Crippen molar-refractivity contribution in [2.45, 2.75) is 71.4 Å². The summed E-state index contributed by atoms with van der Waals surface area (Å²) in [6.45, 7) is 13.5. The number of hydrogen-bond acceptors (Lipinski definition) is 6. The Labute approximate surface area is 246 Å². The van der Waals surface area contributed by atoms with Crippen LogP contribution in [-0.4, -0.2) is 56.5 Å². The molecule has 0 heterocycles. The van der Waals surface area contributed by atoms with E-state index in [0.29, 0.717) is 18.3 Å². The molecule has 4 rings (SSSR count). The molecule has 1 aliphatic rings. The molecule has 0 spiro atoms. The van der Waals surface area contributed by atoms with Crippen LogP contribution in [0.2, 0.25) is 0 Å². The molecule has 0 saturated carbocycles. The fraction of sp³-hybridized carbons (Fsp3) is 0.486. The molecular formula is C35H48N2O4.